The molecule has 4 rings (SSSR count). The molecule has 0 aliphatic heterocycles. The van der Waals surface area contributed by atoms with Crippen molar-refractivity contribution in [2.24, 2.45) is 0 Å². The van der Waals surface area contributed by atoms with E-state index in [1.807, 2.05) is 36.6 Å². The molecule has 0 saturated carbocycles. The van der Waals surface area contributed by atoms with Crippen LogP contribution >= 0.6 is 45.3 Å². The van der Waals surface area contributed by atoms with E-state index in [9.17, 15) is 9.59 Å². The summed E-state index contributed by atoms with van der Waals surface area (Å²) in [5.41, 5.74) is 1.75. The summed E-state index contributed by atoms with van der Waals surface area (Å²) in [7, 11) is 0. The lowest BCUT2D eigenvalue weighted by Gasteiger charge is -2.06. The van der Waals surface area contributed by atoms with Crippen LogP contribution in [0.15, 0.2) is 52.9 Å². The third kappa shape index (κ3) is 3.15. The van der Waals surface area contributed by atoms with Crippen molar-refractivity contribution in [3.05, 3.63) is 71.8 Å². The van der Waals surface area contributed by atoms with Crippen LogP contribution in [0, 0.1) is 10.5 Å². The summed E-state index contributed by atoms with van der Waals surface area (Å²) < 4.78 is 2.52. The third-order valence-electron chi connectivity index (χ3n) is 4.08. The van der Waals surface area contributed by atoms with Gasteiger partial charge < -0.3 is 0 Å². The molecular weight excluding hydrogens is 479 g/mol. The highest BCUT2D eigenvalue weighted by Gasteiger charge is 2.18. The molecule has 0 N–H and O–H groups in total. The van der Waals surface area contributed by atoms with Gasteiger partial charge in [-0.15, -0.1) is 22.7 Å². The highest BCUT2D eigenvalue weighted by Crippen LogP contribution is 2.35. The zero-order valence-corrected chi connectivity index (χ0v) is 17.5. The first-order valence-corrected chi connectivity index (χ1v) is 10.6. The van der Waals surface area contributed by atoms with E-state index in [0.29, 0.717) is 15.1 Å². The number of rotatable bonds is 4. The molecule has 0 atom stereocenters. The Morgan fingerprint density at radius 1 is 1.27 bits per heavy atom. The molecule has 0 amide bonds. The van der Waals surface area contributed by atoms with Crippen molar-refractivity contribution in [3.63, 3.8) is 0 Å². The number of hydrogen-bond donors (Lipinski definition) is 0. The largest absolute Gasteiger partial charge is 0.291 e. The monoisotopic (exact) mass is 492 g/mol. The van der Waals surface area contributed by atoms with E-state index >= 15 is 0 Å². The van der Waals surface area contributed by atoms with E-state index in [2.05, 4.69) is 33.6 Å². The molecule has 130 valence electrons. The molecule has 1 aromatic carbocycles. The number of aromatic nitrogens is 2. The van der Waals surface area contributed by atoms with Crippen molar-refractivity contribution in [1.82, 2.24) is 9.55 Å². The van der Waals surface area contributed by atoms with Crippen molar-refractivity contribution >= 4 is 61.3 Å². The predicted octanol–water partition coefficient (Wildman–Crippen LogP) is 4.98. The maximum Gasteiger partial charge on any atom is 0.263 e. The molecule has 0 aliphatic rings. The first-order valence-electron chi connectivity index (χ1n) is 7.86. The van der Waals surface area contributed by atoms with Crippen molar-refractivity contribution in [2.45, 2.75) is 13.5 Å². The highest BCUT2D eigenvalue weighted by atomic mass is 127. The number of aryl methyl sites for hydroxylation is 1. The van der Waals surface area contributed by atoms with Gasteiger partial charge in [-0.3, -0.25) is 14.2 Å². The van der Waals surface area contributed by atoms with Gasteiger partial charge in [0.2, 0.25) is 0 Å². The second-order valence-electron chi connectivity index (χ2n) is 5.80. The first-order chi connectivity index (χ1) is 12.5. The number of carbonyl (C=O) groups is 1. The lowest BCUT2D eigenvalue weighted by Crippen LogP contribution is -2.24. The fourth-order valence-corrected chi connectivity index (χ4v) is 5.11. The highest BCUT2D eigenvalue weighted by molar-refractivity contribution is 14.1. The van der Waals surface area contributed by atoms with Gasteiger partial charge in [-0.2, -0.15) is 0 Å². The maximum atomic E-state index is 13.1. The second-order valence-corrected chi connectivity index (χ2v) is 9.20. The lowest BCUT2D eigenvalue weighted by molar-refractivity contribution is 0.0974. The first kappa shape index (κ1) is 17.6. The van der Waals surface area contributed by atoms with Gasteiger partial charge in [0, 0.05) is 14.0 Å². The van der Waals surface area contributed by atoms with Crippen LogP contribution < -0.4 is 5.56 Å². The van der Waals surface area contributed by atoms with Crippen LogP contribution in [0.4, 0.5) is 0 Å². The van der Waals surface area contributed by atoms with Crippen molar-refractivity contribution in [1.29, 1.82) is 0 Å². The van der Waals surface area contributed by atoms with Gasteiger partial charge in [0.1, 0.15) is 4.83 Å². The Hall–Kier alpha value is -1.84. The average molecular weight is 492 g/mol. The van der Waals surface area contributed by atoms with Crippen LogP contribution in [0.1, 0.15) is 14.5 Å². The van der Waals surface area contributed by atoms with Crippen molar-refractivity contribution < 1.29 is 4.79 Å². The van der Waals surface area contributed by atoms with Gasteiger partial charge in [0.25, 0.3) is 5.56 Å². The Bertz CT molecular complexity index is 1180. The molecule has 0 aliphatic carbocycles. The summed E-state index contributed by atoms with van der Waals surface area (Å²) in [6, 6.07) is 11.7. The van der Waals surface area contributed by atoms with Gasteiger partial charge in [-0.05, 0) is 58.7 Å². The molecule has 4 aromatic rings. The summed E-state index contributed by atoms with van der Waals surface area (Å²) >= 11 is 5.15. The molecule has 26 heavy (non-hydrogen) atoms. The number of thiophene rings is 2. The molecule has 3 aromatic heterocycles. The Kier molecular flexibility index (Phi) is 4.76. The number of ketones is 1. The van der Waals surface area contributed by atoms with Crippen molar-refractivity contribution in [2.75, 3.05) is 0 Å². The smallest absolute Gasteiger partial charge is 0.263 e. The predicted molar refractivity (Wildman–Crippen MR) is 115 cm³/mol. The maximum absolute atomic E-state index is 13.1. The quantitative estimate of drug-likeness (QED) is 0.298. The molecule has 0 saturated heterocycles. The molecule has 0 unspecified atom stereocenters. The molecule has 0 spiro atoms. The van der Waals surface area contributed by atoms with Crippen LogP contribution in [0.25, 0.3) is 21.3 Å². The average Bonchev–Trinajstić information content (AvgIpc) is 3.25. The van der Waals surface area contributed by atoms with Crippen LogP contribution in [0.5, 0.6) is 0 Å². The third-order valence-corrected chi connectivity index (χ3v) is 6.67. The molecule has 0 radical (unpaired) electrons. The Balaban J connectivity index is 1.86. The van der Waals surface area contributed by atoms with Crippen molar-refractivity contribution in [3.8, 4) is 11.1 Å². The van der Waals surface area contributed by atoms with Gasteiger partial charge >= 0.3 is 0 Å². The summed E-state index contributed by atoms with van der Waals surface area (Å²) in [4.78, 5) is 32.3. The Morgan fingerprint density at radius 2 is 2.12 bits per heavy atom. The van der Waals surface area contributed by atoms with E-state index in [1.165, 1.54) is 33.6 Å². The minimum atomic E-state index is -0.168. The van der Waals surface area contributed by atoms with E-state index in [4.69, 9.17) is 0 Å². The zero-order chi connectivity index (χ0) is 18.3. The van der Waals surface area contributed by atoms with E-state index in [-0.39, 0.29) is 17.9 Å². The minimum Gasteiger partial charge on any atom is -0.291 e. The molecule has 0 fully saturated rings. The van der Waals surface area contributed by atoms with Crippen LogP contribution in [0.2, 0.25) is 0 Å². The molecule has 0 bridgehead atoms. The Labute approximate surface area is 171 Å². The molecule has 4 nitrogen and oxygen atoms in total. The standard InChI is InChI=1S/C19H13IN2O2S2/c1-11-16(12-4-2-5-13(20)8-12)17-18(26-11)21-10-22(19(17)24)9-14(23)15-6-3-7-25-15/h2-8,10H,9H2,1H3. The van der Waals surface area contributed by atoms with E-state index in [1.54, 1.807) is 6.07 Å². The number of nitrogens with zero attached hydrogens (tertiary/aromatic N) is 2. The second kappa shape index (κ2) is 7.05. The van der Waals surface area contributed by atoms with Gasteiger partial charge in [-0.25, -0.2) is 4.98 Å². The van der Waals surface area contributed by atoms with Crippen LogP contribution in [-0.2, 0) is 6.54 Å². The van der Waals surface area contributed by atoms with Gasteiger partial charge in [0.05, 0.1) is 23.1 Å². The van der Waals surface area contributed by atoms with Crippen LogP contribution in [-0.4, -0.2) is 15.3 Å². The topological polar surface area (TPSA) is 52.0 Å². The number of carbonyl (C=O) groups excluding carboxylic acids is 1. The lowest BCUT2D eigenvalue weighted by atomic mass is 10.0. The fraction of sp³-hybridized carbons (Fsp3) is 0.105. The summed E-state index contributed by atoms with van der Waals surface area (Å²) in [5.74, 6) is -0.0778. The molecule has 7 heteroatoms. The Morgan fingerprint density at radius 3 is 2.85 bits per heavy atom. The number of benzene rings is 1. The molecule has 3 heterocycles. The number of Topliss-reactive ketones (excluding diaryl/α,β-unsaturated/α-hetero) is 1. The molecular formula is C19H13IN2O2S2. The van der Waals surface area contributed by atoms with Gasteiger partial charge in [0.15, 0.2) is 5.78 Å². The summed E-state index contributed by atoms with van der Waals surface area (Å²) in [5, 5.41) is 2.45. The fourth-order valence-electron chi connectivity index (χ4n) is 2.91. The zero-order valence-electron chi connectivity index (χ0n) is 13.7. The number of halogens is 1. The summed E-state index contributed by atoms with van der Waals surface area (Å²) in [6.45, 7) is 2.01. The van der Waals surface area contributed by atoms with E-state index < -0.39 is 0 Å². The van der Waals surface area contributed by atoms with Gasteiger partial charge in [-0.1, -0.05) is 18.2 Å². The normalized spacial score (nSPS) is 11.2. The van der Waals surface area contributed by atoms with Crippen LogP contribution in [0.3, 0.4) is 0 Å². The SMILES string of the molecule is Cc1sc2ncn(CC(=O)c3cccs3)c(=O)c2c1-c1cccc(I)c1. The van der Waals surface area contributed by atoms with E-state index in [0.717, 1.165) is 19.6 Å². The number of hydrogen-bond acceptors (Lipinski definition) is 5. The summed E-state index contributed by atoms with van der Waals surface area (Å²) in [6.07, 6.45) is 1.48. The minimum absolute atomic E-state index is 0.00292. The number of fused-ring (bicyclic) bond motifs is 1.